The molecule has 1 rings (SSSR count). The quantitative estimate of drug-likeness (QED) is 0.0962. The highest BCUT2D eigenvalue weighted by molar-refractivity contribution is 5.59. The van der Waals surface area contributed by atoms with Crippen LogP contribution in [0.2, 0.25) is 0 Å². The Morgan fingerprint density at radius 2 is 1.19 bits per heavy atom. The van der Waals surface area contributed by atoms with Crippen LogP contribution in [-0.2, 0) is 25.5 Å². The molecule has 0 fully saturated rings. The van der Waals surface area contributed by atoms with E-state index in [9.17, 15) is 4.79 Å². The molecule has 7 heteroatoms. The molecule has 0 saturated carbocycles. The summed E-state index contributed by atoms with van der Waals surface area (Å²) in [6.45, 7) is 4.40. The first-order chi connectivity index (χ1) is 17.8. The average molecular weight is 589 g/mol. The number of nitrogens with zero attached hydrogens (tertiary/aromatic N) is 1. The number of carbonyl (C=O) groups is 1. The van der Waals surface area contributed by atoms with E-state index in [0.717, 1.165) is 13.0 Å². The molecular formula is C30H54BrNO5. The van der Waals surface area contributed by atoms with Crippen molar-refractivity contribution in [1.82, 2.24) is 0 Å². The molecule has 1 atom stereocenters. The van der Waals surface area contributed by atoms with Crippen molar-refractivity contribution >= 4 is 6.16 Å². The highest BCUT2D eigenvalue weighted by atomic mass is 79.9. The van der Waals surface area contributed by atoms with Gasteiger partial charge in [-0.2, -0.15) is 0 Å². The van der Waals surface area contributed by atoms with Crippen molar-refractivity contribution in [3.8, 4) is 0 Å². The van der Waals surface area contributed by atoms with Gasteiger partial charge in [-0.25, -0.2) is 9.36 Å². The van der Waals surface area contributed by atoms with Gasteiger partial charge >= 0.3 is 6.16 Å². The van der Waals surface area contributed by atoms with Crippen LogP contribution in [-0.4, -0.2) is 45.8 Å². The zero-order valence-corrected chi connectivity index (χ0v) is 25.3. The maximum absolute atomic E-state index is 11.7. The highest BCUT2D eigenvalue weighted by Crippen LogP contribution is 2.13. The Labute approximate surface area is 237 Å². The number of pyridine rings is 1. The summed E-state index contributed by atoms with van der Waals surface area (Å²) in [5, 5.41) is 0. The SMILES string of the molecule is CCCCCCCCCCCCCCCCCCOC[C@H](COC(=O)OCC[n+]1ccccc1)OC.[Br-]. The number of unbranched alkanes of at least 4 members (excludes halogenated alkanes) is 15. The van der Waals surface area contributed by atoms with E-state index in [-0.39, 0.29) is 36.3 Å². The minimum Gasteiger partial charge on any atom is -1.00 e. The van der Waals surface area contributed by atoms with Crippen LogP contribution in [0.15, 0.2) is 30.6 Å². The van der Waals surface area contributed by atoms with E-state index in [1.165, 1.54) is 96.3 Å². The van der Waals surface area contributed by atoms with Gasteiger partial charge in [-0.05, 0) is 6.42 Å². The van der Waals surface area contributed by atoms with E-state index in [2.05, 4.69) is 6.92 Å². The maximum Gasteiger partial charge on any atom is 0.508 e. The number of aromatic nitrogens is 1. The number of hydrogen-bond acceptors (Lipinski definition) is 5. The highest BCUT2D eigenvalue weighted by Gasteiger charge is 2.13. The Morgan fingerprint density at radius 3 is 1.70 bits per heavy atom. The minimum absolute atomic E-state index is 0. The number of halogens is 1. The number of carbonyl (C=O) groups excluding carboxylic acids is 1. The molecule has 0 unspecified atom stereocenters. The van der Waals surface area contributed by atoms with Gasteiger partial charge in [0.2, 0.25) is 0 Å². The number of hydrogen-bond donors (Lipinski definition) is 0. The van der Waals surface area contributed by atoms with Gasteiger partial charge in [-0.1, -0.05) is 109 Å². The minimum atomic E-state index is -0.675. The Bertz CT molecular complexity index is 605. The molecule has 0 bridgehead atoms. The smallest absolute Gasteiger partial charge is 0.508 e. The van der Waals surface area contributed by atoms with Crippen LogP contribution in [0.1, 0.15) is 110 Å². The molecule has 0 aliphatic carbocycles. The Morgan fingerprint density at radius 1 is 0.676 bits per heavy atom. The van der Waals surface area contributed by atoms with E-state index >= 15 is 0 Å². The van der Waals surface area contributed by atoms with Crippen LogP contribution < -0.4 is 21.5 Å². The lowest BCUT2D eigenvalue weighted by molar-refractivity contribution is -0.698. The fourth-order valence-electron chi connectivity index (χ4n) is 4.17. The van der Waals surface area contributed by atoms with E-state index in [4.69, 9.17) is 18.9 Å². The van der Waals surface area contributed by atoms with Gasteiger partial charge in [0, 0.05) is 25.8 Å². The predicted octanol–water partition coefficient (Wildman–Crippen LogP) is 4.42. The molecule has 0 aliphatic rings. The van der Waals surface area contributed by atoms with Crippen LogP contribution in [0, 0.1) is 0 Å². The maximum atomic E-state index is 11.7. The topological polar surface area (TPSA) is 57.9 Å². The van der Waals surface area contributed by atoms with Gasteiger partial charge in [0.05, 0.1) is 6.61 Å². The molecule has 0 radical (unpaired) electrons. The van der Waals surface area contributed by atoms with Crippen molar-refractivity contribution in [2.24, 2.45) is 0 Å². The summed E-state index contributed by atoms with van der Waals surface area (Å²) < 4.78 is 23.3. The summed E-state index contributed by atoms with van der Waals surface area (Å²) in [5.41, 5.74) is 0. The van der Waals surface area contributed by atoms with Crippen LogP contribution in [0.25, 0.3) is 0 Å². The first-order valence-corrected chi connectivity index (χ1v) is 14.6. The zero-order chi connectivity index (χ0) is 25.9. The van der Waals surface area contributed by atoms with E-state index in [0.29, 0.717) is 13.2 Å². The average Bonchev–Trinajstić information content (AvgIpc) is 2.90. The van der Waals surface area contributed by atoms with Crippen molar-refractivity contribution in [3.05, 3.63) is 30.6 Å². The van der Waals surface area contributed by atoms with Gasteiger partial charge in [0.15, 0.2) is 25.5 Å². The summed E-state index contributed by atoms with van der Waals surface area (Å²) in [6, 6.07) is 5.81. The normalized spacial score (nSPS) is 11.6. The second-order valence-corrected chi connectivity index (χ2v) is 9.76. The fraction of sp³-hybridized carbons (Fsp3) is 0.800. The van der Waals surface area contributed by atoms with Crippen LogP contribution in [0.4, 0.5) is 4.79 Å². The van der Waals surface area contributed by atoms with Gasteiger partial charge in [0.25, 0.3) is 0 Å². The molecule has 0 saturated heterocycles. The van der Waals surface area contributed by atoms with Gasteiger partial charge in [-0.3, -0.25) is 0 Å². The largest absolute Gasteiger partial charge is 1.00 e. The van der Waals surface area contributed by atoms with Crippen molar-refractivity contribution < 1.29 is 45.3 Å². The second kappa shape index (κ2) is 27.8. The molecular weight excluding hydrogens is 534 g/mol. The third kappa shape index (κ3) is 23.7. The standard InChI is InChI=1S/C30H54NO5.BrH/c1-3-4-5-6-7-8-9-10-11-12-13-14-15-16-17-21-25-34-27-29(33-2)28-36-30(32)35-26-24-31-22-19-18-20-23-31;/h18-20,22-23,29H,3-17,21,24-28H2,1-2H3;1H/q+1;/p-1/t29-;/m1./s1. The summed E-state index contributed by atoms with van der Waals surface area (Å²) >= 11 is 0. The molecule has 1 aromatic rings. The van der Waals surface area contributed by atoms with Crippen molar-refractivity contribution in [2.45, 2.75) is 122 Å². The monoisotopic (exact) mass is 587 g/mol. The third-order valence-electron chi connectivity index (χ3n) is 6.51. The first kappa shape index (κ1) is 35.8. The molecule has 37 heavy (non-hydrogen) atoms. The van der Waals surface area contributed by atoms with Crippen LogP contribution in [0.3, 0.4) is 0 Å². The van der Waals surface area contributed by atoms with Gasteiger partial charge in [-0.15, -0.1) is 0 Å². The summed E-state index contributed by atoms with van der Waals surface area (Å²) in [7, 11) is 1.60. The number of ether oxygens (including phenoxy) is 4. The Kier molecular flexibility index (Phi) is 27.0. The lowest BCUT2D eigenvalue weighted by Gasteiger charge is -2.15. The van der Waals surface area contributed by atoms with E-state index in [1.807, 2.05) is 35.2 Å². The zero-order valence-electron chi connectivity index (χ0n) is 23.7. The lowest BCUT2D eigenvalue weighted by atomic mass is 10.0. The Hall–Kier alpha value is -1.18. The van der Waals surface area contributed by atoms with Crippen molar-refractivity contribution in [2.75, 3.05) is 33.5 Å². The Balaban J connectivity index is 0.0000130. The molecule has 0 amide bonds. The van der Waals surface area contributed by atoms with Gasteiger partial charge < -0.3 is 35.9 Å². The summed E-state index contributed by atoms with van der Waals surface area (Å²) in [6.07, 6.45) is 24.7. The first-order valence-electron chi connectivity index (χ1n) is 14.6. The molecule has 216 valence electrons. The molecule has 1 heterocycles. The number of methoxy groups -OCH3 is 1. The lowest BCUT2D eigenvalue weighted by Crippen LogP contribution is -3.00. The van der Waals surface area contributed by atoms with Gasteiger partial charge in [0.1, 0.15) is 12.7 Å². The van der Waals surface area contributed by atoms with Crippen LogP contribution in [0.5, 0.6) is 0 Å². The number of rotatable bonds is 25. The molecule has 0 N–H and O–H groups in total. The second-order valence-electron chi connectivity index (χ2n) is 9.76. The van der Waals surface area contributed by atoms with Crippen molar-refractivity contribution in [3.63, 3.8) is 0 Å². The predicted molar refractivity (Wildman–Crippen MR) is 145 cm³/mol. The third-order valence-corrected chi connectivity index (χ3v) is 6.51. The molecule has 0 spiro atoms. The molecule has 0 aliphatic heterocycles. The molecule has 0 aromatic carbocycles. The molecule has 1 aromatic heterocycles. The van der Waals surface area contributed by atoms with E-state index in [1.54, 1.807) is 7.11 Å². The van der Waals surface area contributed by atoms with E-state index < -0.39 is 6.16 Å². The fourth-order valence-corrected chi connectivity index (χ4v) is 4.17. The molecule has 6 nitrogen and oxygen atoms in total. The van der Waals surface area contributed by atoms with Crippen molar-refractivity contribution in [1.29, 1.82) is 0 Å². The van der Waals surface area contributed by atoms with Crippen LogP contribution >= 0.6 is 0 Å². The summed E-state index contributed by atoms with van der Waals surface area (Å²) in [4.78, 5) is 11.7. The summed E-state index contributed by atoms with van der Waals surface area (Å²) in [5.74, 6) is 0.